The lowest BCUT2D eigenvalue weighted by Crippen LogP contribution is -2.30. The van der Waals surface area contributed by atoms with Crippen LogP contribution in [0.15, 0.2) is 35.0 Å². The molecule has 0 N–H and O–H groups in total. The summed E-state index contributed by atoms with van der Waals surface area (Å²) in [6, 6.07) is 3.54. The third kappa shape index (κ3) is 1.60. The molecule has 0 radical (unpaired) electrons. The van der Waals surface area contributed by atoms with Crippen molar-refractivity contribution in [1.82, 2.24) is 4.90 Å². The molecule has 0 spiro atoms. The molecule has 2 heterocycles. The van der Waals surface area contributed by atoms with Crippen molar-refractivity contribution in [3.63, 3.8) is 0 Å². The van der Waals surface area contributed by atoms with E-state index in [-0.39, 0.29) is 30.2 Å². The number of nitrogens with zero attached hydrogens (tertiary/aromatic N) is 1. The van der Waals surface area contributed by atoms with Gasteiger partial charge in [-0.1, -0.05) is 12.2 Å². The molecule has 3 rings (SSSR count). The van der Waals surface area contributed by atoms with E-state index in [9.17, 15) is 9.59 Å². The van der Waals surface area contributed by atoms with Crippen LogP contribution >= 0.6 is 0 Å². The second-order valence-electron chi connectivity index (χ2n) is 4.50. The molecule has 4 heteroatoms. The maximum atomic E-state index is 12.1. The van der Waals surface area contributed by atoms with Crippen molar-refractivity contribution in [2.45, 2.75) is 19.4 Å². The maximum Gasteiger partial charge on any atom is 0.233 e. The first-order chi connectivity index (χ1) is 8.27. The number of allylic oxidation sites excluding steroid dienone is 2. The highest BCUT2D eigenvalue weighted by Gasteiger charge is 2.47. The number of hydrogen-bond acceptors (Lipinski definition) is 3. The zero-order chi connectivity index (χ0) is 11.8. The quantitative estimate of drug-likeness (QED) is 0.575. The molecule has 0 saturated carbocycles. The third-order valence-electron chi connectivity index (χ3n) is 3.49. The van der Waals surface area contributed by atoms with Gasteiger partial charge in [0.25, 0.3) is 0 Å². The van der Waals surface area contributed by atoms with Crippen molar-refractivity contribution < 1.29 is 14.0 Å². The van der Waals surface area contributed by atoms with Crippen molar-refractivity contribution >= 4 is 11.8 Å². The van der Waals surface area contributed by atoms with Crippen LogP contribution in [0, 0.1) is 11.8 Å². The third-order valence-corrected chi connectivity index (χ3v) is 3.49. The second-order valence-corrected chi connectivity index (χ2v) is 4.50. The fraction of sp³-hybridized carbons (Fsp3) is 0.385. The molecule has 4 nitrogen and oxygen atoms in total. The van der Waals surface area contributed by atoms with E-state index in [4.69, 9.17) is 4.42 Å². The van der Waals surface area contributed by atoms with Gasteiger partial charge >= 0.3 is 0 Å². The highest BCUT2D eigenvalue weighted by Crippen LogP contribution is 2.35. The van der Waals surface area contributed by atoms with Crippen molar-refractivity contribution in [1.29, 1.82) is 0 Å². The van der Waals surface area contributed by atoms with E-state index in [1.807, 2.05) is 12.2 Å². The summed E-state index contributed by atoms with van der Waals surface area (Å²) >= 11 is 0. The van der Waals surface area contributed by atoms with Crippen LogP contribution < -0.4 is 0 Å². The van der Waals surface area contributed by atoms with E-state index in [0.29, 0.717) is 18.6 Å². The molecular formula is C13H13NO3. The molecule has 0 bridgehead atoms. The summed E-state index contributed by atoms with van der Waals surface area (Å²) in [5.74, 6) is 0.240. The molecule has 17 heavy (non-hydrogen) atoms. The Hall–Kier alpha value is -1.84. The van der Waals surface area contributed by atoms with Crippen LogP contribution in [0.1, 0.15) is 18.6 Å². The van der Waals surface area contributed by atoms with Gasteiger partial charge in [-0.3, -0.25) is 14.5 Å². The molecule has 88 valence electrons. The number of carbonyl (C=O) groups is 2. The summed E-state index contributed by atoms with van der Waals surface area (Å²) < 4.78 is 5.18. The van der Waals surface area contributed by atoms with Gasteiger partial charge in [0.15, 0.2) is 0 Å². The summed E-state index contributed by atoms with van der Waals surface area (Å²) in [5, 5.41) is 0. The van der Waals surface area contributed by atoms with Crippen LogP contribution in [0.2, 0.25) is 0 Å². The first-order valence-corrected chi connectivity index (χ1v) is 5.80. The highest BCUT2D eigenvalue weighted by atomic mass is 16.3. The van der Waals surface area contributed by atoms with Crippen molar-refractivity contribution in [3.05, 3.63) is 36.3 Å². The Morgan fingerprint density at radius 3 is 2.35 bits per heavy atom. The predicted octanol–water partition coefficient (Wildman–Crippen LogP) is 1.73. The van der Waals surface area contributed by atoms with Gasteiger partial charge in [-0.05, 0) is 25.0 Å². The number of likely N-dealkylation sites (tertiary alicyclic amines) is 1. The summed E-state index contributed by atoms with van der Waals surface area (Å²) in [5.41, 5.74) is 0. The van der Waals surface area contributed by atoms with Gasteiger partial charge in [0.2, 0.25) is 11.8 Å². The molecule has 1 aliphatic carbocycles. The van der Waals surface area contributed by atoms with Crippen molar-refractivity contribution in [2.75, 3.05) is 0 Å². The smallest absolute Gasteiger partial charge is 0.233 e. The molecule has 1 aromatic rings. The van der Waals surface area contributed by atoms with E-state index in [0.717, 1.165) is 0 Å². The fourth-order valence-electron chi connectivity index (χ4n) is 2.58. The number of rotatable bonds is 2. The maximum absolute atomic E-state index is 12.1. The molecule has 1 aromatic heterocycles. The normalized spacial score (nSPS) is 27.6. The first kappa shape index (κ1) is 10.3. The van der Waals surface area contributed by atoms with Crippen LogP contribution in [-0.2, 0) is 16.1 Å². The van der Waals surface area contributed by atoms with Crippen LogP contribution in [0.4, 0.5) is 0 Å². The number of fused-ring (bicyclic) bond motifs is 1. The zero-order valence-corrected chi connectivity index (χ0v) is 9.33. The predicted molar refractivity (Wildman–Crippen MR) is 59.6 cm³/mol. The van der Waals surface area contributed by atoms with Gasteiger partial charge in [-0.25, -0.2) is 0 Å². The second kappa shape index (κ2) is 3.87. The van der Waals surface area contributed by atoms with E-state index in [2.05, 4.69) is 0 Å². The van der Waals surface area contributed by atoms with Gasteiger partial charge in [0.1, 0.15) is 5.76 Å². The lowest BCUT2D eigenvalue weighted by molar-refractivity contribution is -0.140. The topological polar surface area (TPSA) is 50.5 Å². The average molecular weight is 231 g/mol. The Morgan fingerprint density at radius 2 is 1.82 bits per heavy atom. The van der Waals surface area contributed by atoms with Gasteiger partial charge in [-0.15, -0.1) is 0 Å². The first-order valence-electron chi connectivity index (χ1n) is 5.80. The highest BCUT2D eigenvalue weighted by molar-refractivity contribution is 6.05. The number of furan rings is 1. The van der Waals surface area contributed by atoms with Crippen molar-refractivity contribution in [3.8, 4) is 0 Å². The number of amides is 2. The largest absolute Gasteiger partial charge is 0.467 e. The summed E-state index contributed by atoms with van der Waals surface area (Å²) in [7, 11) is 0. The molecule has 0 unspecified atom stereocenters. The molecule has 2 atom stereocenters. The molecule has 1 saturated heterocycles. The zero-order valence-electron chi connectivity index (χ0n) is 9.33. The Kier molecular flexibility index (Phi) is 2.35. The van der Waals surface area contributed by atoms with Crippen LogP contribution in [-0.4, -0.2) is 16.7 Å². The van der Waals surface area contributed by atoms with Gasteiger partial charge < -0.3 is 4.42 Å². The summed E-state index contributed by atoms with van der Waals surface area (Å²) in [6.45, 7) is 0.262. The van der Waals surface area contributed by atoms with Gasteiger partial charge in [-0.2, -0.15) is 0 Å². The molecule has 0 aromatic carbocycles. The van der Waals surface area contributed by atoms with Crippen LogP contribution in [0.25, 0.3) is 0 Å². The standard InChI is InChI=1S/C13H13NO3/c15-12-10-5-1-2-6-11(10)13(16)14(12)8-9-4-3-7-17-9/h1-4,7,10-11H,5-6,8H2/t10-,11-/m0/s1. The number of hydrogen-bond donors (Lipinski definition) is 0. The Morgan fingerprint density at radius 1 is 1.18 bits per heavy atom. The van der Waals surface area contributed by atoms with E-state index in [1.54, 1.807) is 18.4 Å². The minimum Gasteiger partial charge on any atom is -0.467 e. The lowest BCUT2D eigenvalue weighted by atomic mass is 9.85. The van der Waals surface area contributed by atoms with Crippen molar-refractivity contribution in [2.24, 2.45) is 11.8 Å². The molecule has 2 amide bonds. The fourth-order valence-corrected chi connectivity index (χ4v) is 2.58. The minimum atomic E-state index is -0.150. The van der Waals surface area contributed by atoms with Gasteiger partial charge in [0.05, 0.1) is 24.6 Å². The Balaban J connectivity index is 1.82. The summed E-state index contributed by atoms with van der Waals surface area (Å²) in [6.07, 6.45) is 6.90. The Bertz CT molecular complexity index is 449. The SMILES string of the molecule is O=C1[C@H]2CC=CC[C@@H]2C(=O)N1Cc1ccco1. The van der Waals surface area contributed by atoms with E-state index >= 15 is 0 Å². The number of carbonyl (C=O) groups excluding carboxylic acids is 2. The summed E-state index contributed by atoms with van der Waals surface area (Å²) in [4.78, 5) is 25.5. The lowest BCUT2D eigenvalue weighted by Gasteiger charge is -2.14. The number of imide groups is 1. The molecule has 1 fully saturated rings. The minimum absolute atomic E-state index is 0.0549. The van der Waals surface area contributed by atoms with Gasteiger partial charge in [0, 0.05) is 0 Å². The van der Waals surface area contributed by atoms with E-state index < -0.39 is 0 Å². The Labute approximate surface area is 98.9 Å². The molecule has 2 aliphatic rings. The van der Waals surface area contributed by atoms with Crippen LogP contribution in [0.3, 0.4) is 0 Å². The molecule has 1 aliphatic heterocycles. The van der Waals surface area contributed by atoms with Crippen LogP contribution in [0.5, 0.6) is 0 Å². The average Bonchev–Trinajstić information content (AvgIpc) is 2.94. The monoisotopic (exact) mass is 231 g/mol. The molecular weight excluding hydrogens is 218 g/mol. The van der Waals surface area contributed by atoms with E-state index in [1.165, 1.54) is 4.90 Å².